The molecular weight excluding hydrogens is 1020 g/mol. The molecule has 0 saturated heterocycles. The summed E-state index contributed by atoms with van der Waals surface area (Å²) in [4.78, 5) is 7.79. The Labute approximate surface area is 442 Å². The van der Waals surface area contributed by atoms with E-state index in [0.29, 0.717) is 34.3 Å². The fourth-order valence-electron chi connectivity index (χ4n) is 10.3. The Hall–Kier alpha value is -8.59. The van der Waals surface area contributed by atoms with E-state index >= 15 is 35.1 Å². The minimum atomic E-state index is -2.48. The number of halogens is 10. The van der Waals surface area contributed by atoms with Crippen molar-refractivity contribution in [2.45, 2.75) is 59.3 Å². The van der Waals surface area contributed by atoms with Gasteiger partial charge in [0.1, 0.15) is 24.0 Å². The predicted octanol–water partition coefficient (Wildman–Crippen LogP) is 18.5. The first-order chi connectivity index (χ1) is 37.0. The molecular formula is C63H46F10N4O. The summed E-state index contributed by atoms with van der Waals surface area (Å²) in [7, 11) is 0. The van der Waals surface area contributed by atoms with Crippen LogP contribution in [0.3, 0.4) is 0 Å². The van der Waals surface area contributed by atoms with Gasteiger partial charge in [0.15, 0.2) is 46.5 Å². The number of benzene rings is 8. The van der Waals surface area contributed by atoms with Crippen LogP contribution in [0.2, 0.25) is 0 Å². The second kappa shape index (κ2) is 18.9. The van der Waals surface area contributed by atoms with Crippen LogP contribution < -0.4 is 14.5 Å². The fraction of sp³-hybridized carbons (Fsp3) is 0.159. The van der Waals surface area contributed by atoms with Crippen molar-refractivity contribution in [3.05, 3.63) is 215 Å². The summed E-state index contributed by atoms with van der Waals surface area (Å²) < 4.78 is 166. The topological polar surface area (TPSA) is 33.5 Å². The summed E-state index contributed by atoms with van der Waals surface area (Å²) in [5.74, 6) is -22.0. The molecule has 0 bridgehead atoms. The molecule has 11 rings (SSSR count). The summed E-state index contributed by atoms with van der Waals surface area (Å²) in [5, 5.41) is 1.93. The van der Waals surface area contributed by atoms with Crippen LogP contribution in [-0.2, 0) is 10.8 Å². The highest BCUT2D eigenvalue weighted by Crippen LogP contribution is 2.54. The smallest absolute Gasteiger partial charge is 0.200 e. The number of nitrogens with zero attached hydrogens (tertiary/aromatic N) is 4. The van der Waals surface area contributed by atoms with Gasteiger partial charge in [-0.2, -0.15) is 0 Å². The second-order valence-corrected chi connectivity index (χ2v) is 21.4. The van der Waals surface area contributed by atoms with E-state index in [1.807, 2.05) is 91.9 Å². The van der Waals surface area contributed by atoms with Crippen LogP contribution in [0.25, 0.3) is 61.0 Å². The highest BCUT2D eigenvalue weighted by atomic mass is 19.2. The van der Waals surface area contributed by atoms with E-state index < -0.39 is 98.2 Å². The van der Waals surface area contributed by atoms with Gasteiger partial charge in [0.25, 0.3) is 0 Å². The first kappa shape index (κ1) is 51.5. The molecule has 5 nitrogen and oxygen atoms in total. The number of anilines is 4. The van der Waals surface area contributed by atoms with Gasteiger partial charge in [-0.15, -0.1) is 0 Å². The molecule has 1 aliphatic heterocycles. The molecule has 0 saturated carbocycles. The number of rotatable bonds is 8. The van der Waals surface area contributed by atoms with Crippen LogP contribution in [0.15, 0.2) is 140 Å². The Kier molecular flexibility index (Phi) is 12.5. The highest BCUT2D eigenvalue weighted by molar-refractivity contribution is 6.09. The van der Waals surface area contributed by atoms with Gasteiger partial charge >= 0.3 is 0 Å². The summed E-state index contributed by atoms with van der Waals surface area (Å²) in [6.45, 7) is 12.6. The molecule has 2 aromatic heterocycles. The van der Waals surface area contributed by atoms with Crippen molar-refractivity contribution in [2.24, 2.45) is 0 Å². The monoisotopic (exact) mass is 1060 g/mol. The quantitative estimate of drug-likeness (QED) is 0.0863. The van der Waals surface area contributed by atoms with Crippen molar-refractivity contribution in [3.63, 3.8) is 0 Å². The lowest BCUT2D eigenvalue weighted by Gasteiger charge is -2.30. The van der Waals surface area contributed by atoms with E-state index in [1.165, 1.54) is 11.0 Å². The van der Waals surface area contributed by atoms with Gasteiger partial charge in [-0.05, 0) is 112 Å². The predicted molar refractivity (Wildman–Crippen MR) is 285 cm³/mol. The lowest BCUT2D eigenvalue weighted by molar-refractivity contribution is 0.381. The van der Waals surface area contributed by atoms with Crippen molar-refractivity contribution in [1.29, 1.82) is 0 Å². The zero-order chi connectivity index (χ0) is 55.4. The van der Waals surface area contributed by atoms with Crippen molar-refractivity contribution in [3.8, 4) is 50.7 Å². The van der Waals surface area contributed by atoms with E-state index in [4.69, 9.17) is 9.72 Å². The minimum Gasteiger partial charge on any atom is -0.457 e. The Morgan fingerprint density at radius 2 is 0.974 bits per heavy atom. The number of pyridine rings is 1. The van der Waals surface area contributed by atoms with Crippen LogP contribution in [0.5, 0.6) is 11.5 Å². The van der Waals surface area contributed by atoms with E-state index in [1.54, 1.807) is 56.1 Å². The second-order valence-electron chi connectivity index (χ2n) is 21.4. The SMILES string of the molecule is Cc1ccccc1-c1cc(Oc2ccc3c4ccccc4n(-c4cc(C(C)(C)C)ccn4)c3c2)cc(N2CN(c3c(-c4c(F)c(F)c(F)c(F)c4F)cc(C(C)(C)C)cc3-c3c(F)c(F)c(F)c(F)c3F)c3ccccc32)c1. The summed E-state index contributed by atoms with van der Waals surface area (Å²) >= 11 is 0. The highest BCUT2D eigenvalue weighted by Gasteiger charge is 2.39. The summed E-state index contributed by atoms with van der Waals surface area (Å²) in [5.41, 5.74) is -0.470. The largest absolute Gasteiger partial charge is 0.457 e. The Balaban J connectivity index is 1.13. The van der Waals surface area contributed by atoms with Gasteiger partial charge in [-0.3, -0.25) is 4.57 Å². The maximum absolute atomic E-state index is 16.4. The van der Waals surface area contributed by atoms with Crippen LogP contribution >= 0.6 is 0 Å². The van der Waals surface area contributed by atoms with Crippen LogP contribution in [0.4, 0.5) is 66.7 Å². The molecule has 0 N–H and O–H groups in total. The average Bonchev–Trinajstić information content (AvgIpc) is 4.07. The summed E-state index contributed by atoms with van der Waals surface area (Å²) in [6.07, 6.45) is 1.79. The molecule has 1 aliphatic rings. The molecule has 0 aliphatic carbocycles. The number of aryl methyl sites for hydroxylation is 1. The van der Waals surface area contributed by atoms with Gasteiger partial charge in [-0.25, -0.2) is 48.9 Å². The van der Waals surface area contributed by atoms with Crippen LogP contribution in [0.1, 0.15) is 58.2 Å². The maximum atomic E-state index is 16.4. The Bertz CT molecular complexity index is 3970. The van der Waals surface area contributed by atoms with Crippen molar-refractivity contribution < 1.29 is 48.6 Å². The van der Waals surface area contributed by atoms with Gasteiger partial charge < -0.3 is 14.5 Å². The van der Waals surface area contributed by atoms with Gasteiger partial charge in [0.2, 0.25) is 11.6 Å². The number of fused-ring (bicyclic) bond motifs is 4. The summed E-state index contributed by atoms with van der Waals surface area (Å²) in [6, 6.07) is 39.3. The zero-order valence-corrected chi connectivity index (χ0v) is 43.0. The minimum absolute atomic E-state index is 0.0190. The number of para-hydroxylation sites is 3. The van der Waals surface area contributed by atoms with Crippen LogP contribution in [0, 0.1) is 65.1 Å². The maximum Gasteiger partial charge on any atom is 0.200 e. The van der Waals surface area contributed by atoms with Gasteiger partial charge in [0, 0.05) is 45.9 Å². The molecule has 0 fully saturated rings. The number of aromatic nitrogens is 2. The number of hydrogen-bond donors (Lipinski definition) is 0. The Morgan fingerprint density at radius 3 is 1.56 bits per heavy atom. The molecule has 10 aromatic rings. The molecule has 0 radical (unpaired) electrons. The lowest BCUT2D eigenvalue weighted by Crippen LogP contribution is -2.26. The third-order valence-electron chi connectivity index (χ3n) is 14.3. The molecule has 0 spiro atoms. The molecule has 0 atom stereocenters. The lowest BCUT2D eigenvalue weighted by atomic mass is 9.81. The molecule has 8 aromatic carbocycles. The third kappa shape index (κ3) is 8.46. The standard InChI is InChI=1S/C63H46F10N4O/c1-32-14-8-9-15-39(32)33-24-36(29-38(25-33)78-37-20-21-41-40-16-10-11-17-44(40)77(47(41)30-37)48-28-34(22-23-74-48)62(2,3)4)75-31-76(46-19-13-12-18-45(46)75)61-42(49-51(64)55(68)59(72)56(69)52(49)65)26-35(63(5,6)7)27-43(61)50-53(66)57(70)60(73)58(71)54(50)67/h8-30H,31H2,1-7H3. The molecule has 78 heavy (non-hydrogen) atoms. The third-order valence-corrected chi connectivity index (χ3v) is 14.3. The molecule has 15 heteroatoms. The van der Waals surface area contributed by atoms with Crippen molar-refractivity contribution in [1.82, 2.24) is 9.55 Å². The van der Waals surface area contributed by atoms with Crippen LogP contribution in [-0.4, -0.2) is 16.2 Å². The first-order valence-corrected chi connectivity index (χ1v) is 24.8. The van der Waals surface area contributed by atoms with Gasteiger partial charge in [0.05, 0.1) is 39.2 Å². The molecule has 0 unspecified atom stereocenters. The molecule has 3 heterocycles. The number of hydrogen-bond acceptors (Lipinski definition) is 4. The van der Waals surface area contributed by atoms with E-state index in [9.17, 15) is 8.78 Å². The fourth-order valence-corrected chi connectivity index (χ4v) is 10.3. The van der Waals surface area contributed by atoms with E-state index in [-0.39, 0.29) is 16.7 Å². The average molecular weight is 1070 g/mol. The van der Waals surface area contributed by atoms with E-state index in [2.05, 4.69) is 31.4 Å². The normalized spacial score (nSPS) is 12.8. The molecule has 0 amide bonds. The number of ether oxygens (including phenoxy) is 1. The van der Waals surface area contributed by atoms with E-state index in [0.717, 1.165) is 50.6 Å². The zero-order valence-electron chi connectivity index (χ0n) is 43.0. The molecule has 394 valence electrons. The van der Waals surface area contributed by atoms with Crippen molar-refractivity contribution >= 4 is 44.6 Å². The Morgan fingerprint density at radius 1 is 0.449 bits per heavy atom. The van der Waals surface area contributed by atoms with Gasteiger partial charge in [-0.1, -0.05) is 96.1 Å². The first-order valence-electron chi connectivity index (χ1n) is 24.8. The van der Waals surface area contributed by atoms with Crippen molar-refractivity contribution in [2.75, 3.05) is 16.5 Å².